The molecule has 0 amide bonds. The van der Waals surface area contributed by atoms with Crippen LogP contribution in [0.1, 0.15) is 12.5 Å². The number of aliphatic hydroxyl groups excluding tert-OH is 1. The molecule has 4 nitrogen and oxygen atoms in total. The molecule has 0 aliphatic rings. The Morgan fingerprint density at radius 1 is 1.47 bits per heavy atom. The number of esters is 1. The second kappa shape index (κ2) is 6.56. The summed E-state index contributed by atoms with van der Waals surface area (Å²) in [7, 11) is 1.53. The predicted molar refractivity (Wildman–Crippen MR) is 62.5 cm³/mol. The molecule has 0 aliphatic carbocycles. The van der Waals surface area contributed by atoms with Crippen LogP contribution in [0.4, 0.5) is 0 Å². The van der Waals surface area contributed by atoms with Crippen molar-refractivity contribution in [3.8, 4) is 17.6 Å². The van der Waals surface area contributed by atoms with E-state index in [4.69, 9.17) is 4.74 Å². The quantitative estimate of drug-likeness (QED) is 0.625. The summed E-state index contributed by atoms with van der Waals surface area (Å²) in [5.74, 6) is 4.94. The summed E-state index contributed by atoms with van der Waals surface area (Å²) in [4.78, 5) is 11.1. The lowest BCUT2D eigenvalue weighted by atomic mass is 10.2. The molecule has 1 aromatic rings. The zero-order valence-corrected chi connectivity index (χ0v) is 9.77. The summed E-state index contributed by atoms with van der Waals surface area (Å²) in [6.45, 7) is 1.88. The van der Waals surface area contributed by atoms with Crippen LogP contribution in [0.5, 0.6) is 5.75 Å². The van der Waals surface area contributed by atoms with Gasteiger partial charge >= 0.3 is 5.97 Å². The van der Waals surface area contributed by atoms with Gasteiger partial charge in [-0.25, -0.2) is 4.79 Å². The minimum atomic E-state index is -1.43. The fourth-order valence-electron chi connectivity index (χ4n) is 1.17. The fourth-order valence-corrected chi connectivity index (χ4v) is 1.17. The number of rotatable bonds is 3. The zero-order chi connectivity index (χ0) is 12.7. The van der Waals surface area contributed by atoms with E-state index >= 15 is 0 Å². The van der Waals surface area contributed by atoms with Crippen molar-refractivity contribution in [3.05, 3.63) is 29.8 Å². The normalized spacial score (nSPS) is 11.0. The number of carbonyl (C=O) groups is 1. The molecule has 4 heteroatoms. The maximum absolute atomic E-state index is 11.1. The Morgan fingerprint density at radius 3 is 2.82 bits per heavy atom. The molecule has 1 N–H and O–H groups in total. The summed E-state index contributed by atoms with van der Waals surface area (Å²) in [6, 6.07) is 7.10. The second-order valence-corrected chi connectivity index (χ2v) is 3.12. The molecular formula is C13H14O4. The molecule has 1 aromatic carbocycles. The molecule has 0 unspecified atom stereocenters. The summed E-state index contributed by atoms with van der Waals surface area (Å²) >= 11 is 0. The van der Waals surface area contributed by atoms with Crippen molar-refractivity contribution in [2.45, 2.75) is 13.0 Å². The monoisotopic (exact) mass is 234 g/mol. The minimum Gasteiger partial charge on any atom is -0.495 e. The molecule has 0 aromatic heterocycles. The zero-order valence-electron chi connectivity index (χ0n) is 9.77. The third kappa shape index (κ3) is 3.82. The van der Waals surface area contributed by atoms with Crippen LogP contribution in [0.2, 0.25) is 0 Å². The molecule has 90 valence electrons. The van der Waals surface area contributed by atoms with Crippen molar-refractivity contribution in [1.29, 1.82) is 0 Å². The second-order valence-electron chi connectivity index (χ2n) is 3.12. The van der Waals surface area contributed by atoms with Crippen LogP contribution >= 0.6 is 0 Å². The van der Waals surface area contributed by atoms with Crippen molar-refractivity contribution < 1.29 is 19.4 Å². The van der Waals surface area contributed by atoms with Gasteiger partial charge in [0.15, 0.2) is 0 Å². The molecule has 0 bridgehead atoms. The van der Waals surface area contributed by atoms with E-state index in [0.29, 0.717) is 11.3 Å². The highest BCUT2D eigenvalue weighted by molar-refractivity contribution is 5.78. The minimum absolute atomic E-state index is 0.215. The number of ether oxygens (including phenoxy) is 2. The molecule has 1 rings (SSSR count). The molecule has 0 spiro atoms. The highest BCUT2D eigenvalue weighted by atomic mass is 16.5. The topological polar surface area (TPSA) is 55.8 Å². The van der Waals surface area contributed by atoms with E-state index < -0.39 is 12.1 Å². The lowest BCUT2D eigenvalue weighted by molar-refractivity contribution is -0.149. The number of hydrogen-bond acceptors (Lipinski definition) is 4. The number of benzene rings is 1. The first kappa shape index (κ1) is 13.1. The highest BCUT2D eigenvalue weighted by Crippen LogP contribution is 2.15. The number of para-hydroxylation sites is 1. The molecule has 0 fully saturated rings. The molecule has 0 radical (unpaired) electrons. The van der Waals surface area contributed by atoms with Gasteiger partial charge in [-0.1, -0.05) is 24.0 Å². The van der Waals surface area contributed by atoms with Crippen LogP contribution in [-0.2, 0) is 9.53 Å². The van der Waals surface area contributed by atoms with Crippen LogP contribution in [0.3, 0.4) is 0 Å². The number of carbonyl (C=O) groups excluding carboxylic acids is 1. The molecule has 0 saturated heterocycles. The van der Waals surface area contributed by atoms with Gasteiger partial charge in [0.05, 0.1) is 19.3 Å². The van der Waals surface area contributed by atoms with Gasteiger partial charge in [-0.05, 0) is 19.1 Å². The molecule has 17 heavy (non-hydrogen) atoms. The Morgan fingerprint density at radius 2 is 2.18 bits per heavy atom. The molecular weight excluding hydrogens is 220 g/mol. The van der Waals surface area contributed by atoms with Crippen molar-refractivity contribution in [3.63, 3.8) is 0 Å². The van der Waals surface area contributed by atoms with Gasteiger partial charge in [0.2, 0.25) is 6.10 Å². The summed E-state index contributed by atoms with van der Waals surface area (Å²) in [5.41, 5.74) is 0.610. The Labute approximate surface area is 100 Å². The first-order valence-electron chi connectivity index (χ1n) is 5.18. The number of aliphatic hydroxyl groups is 1. The Hall–Kier alpha value is -1.99. The maximum Gasteiger partial charge on any atom is 0.347 e. The van der Waals surface area contributed by atoms with Gasteiger partial charge in [0, 0.05) is 0 Å². The smallest absolute Gasteiger partial charge is 0.347 e. The Kier molecular flexibility index (Phi) is 5.05. The van der Waals surface area contributed by atoms with E-state index in [1.807, 2.05) is 6.07 Å². The van der Waals surface area contributed by atoms with E-state index in [1.165, 1.54) is 7.11 Å². The standard InChI is InChI=1S/C13H14O4/c1-3-17-13(15)11(14)9-8-10-6-4-5-7-12(10)16-2/h4-7,11,14H,3H2,1-2H3/t11-/m0/s1. The fraction of sp³-hybridized carbons (Fsp3) is 0.308. The summed E-state index contributed by atoms with van der Waals surface area (Å²) in [6.07, 6.45) is -1.43. The molecule has 1 atom stereocenters. The Bertz CT molecular complexity index is 442. The summed E-state index contributed by atoms with van der Waals surface area (Å²) < 4.78 is 9.71. The Balaban J connectivity index is 2.80. The van der Waals surface area contributed by atoms with Crippen LogP contribution in [0, 0.1) is 11.8 Å². The average Bonchev–Trinajstić information content (AvgIpc) is 2.36. The van der Waals surface area contributed by atoms with Gasteiger partial charge in [-0.3, -0.25) is 0 Å². The largest absolute Gasteiger partial charge is 0.495 e. The average molecular weight is 234 g/mol. The van der Waals surface area contributed by atoms with Crippen molar-refractivity contribution >= 4 is 5.97 Å². The van der Waals surface area contributed by atoms with Crippen LogP contribution in [-0.4, -0.2) is 30.9 Å². The van der Waals surface area contributed by atoms with Crippen LogP contribution in [0.15, 0.2) is 24.3 Å². The van der Waals surface area contributed by atoms with E-state index in [-0.39, 0.29) is 6.61 Å². The van der Waals surface area contributed by atoms with Crippen LogP contribution < -0.4 is 4.74 Å². The van der Waals surface area contributed by atoms with Crippen LogP contribution in [0.25, 0.3) is 0 Å². The molecule has 0 aliphatic heterocycles. The lowest BCUT2D eigenvalue weighted by Crippen LogP contribution is -2.21. The van der Waals surface area contributed by atoms with Gasteiger partial charge in [-0.2, -0.15) is 0 Å². The number of methoxy groups -OCH3 is 1. The van der Waals surface area contributed by atoms with Gasteiger partial charge in [-0.15, -0.1) is 0 Å². The maximum atomic E-state index is 11.1. The third-order valence-electron chi connectivity index (χ3n) is 1.96. The lowest BCUT2D eigenvalue weighted by Gasteiger charge is -2.03. The number of hydrogen-bond donors (Lipinski definition) is 1. The van der Waals surface area contributed by atoms with E-state index in [0.717, 1.165) is 0 Å². The van der Waals surface area contributed by atoms with Gasteiger partial charge in [0.25, 0.3) is 0 Å². The van der Waals surface area contributed by atoms with E-state index in [1.54, 1.807) is 25.1 Å². The first-order chi connectivity index (χ1) is 8.19. The predicted octanol–water partition coefficient (Wildman–Crippen LogP) is 0.971. The molecule has 0 heterocycles. The van der Waals surface area contributed by atoms with Crippen molar-refractivity contribution in [1.82, 2.24) is 0 Å². The van der Waals surface area contributed by atoms with Crippen molar-refractivity contribution in [2.75, 3.05) is 13.7 Å². The first-order valence-corrected chi connectivity index (χ1v) is 5.18. The van der Waals surface area contributed by atoms with Gasteiger partial charge in [0.1, 0.15) is 5.75 Å². The summed E-state index contributed by atoms with van der Waals surface area (Å²) in [5, 5.41) is 9.38. The third-order valence-corrected chi connectivity index (χ3v) is 1.96. The van der Waals surface area contributed by atoms with Gasteiger partial charge < -0.3 is 14.6 Å². The van der Waals surface area contributed by atoms with E-state index in [9.17, 15) is 9.90 Å². The molecule has 0 saturated carbocycles. The van der Waals surface area contributed by atoms with E-state index in [2.05, 4.69) is 16.6 Å². The highest BCUT2D eigenvalue weighted by Gasteiger charge is 2.12. The van der Waals surface area contributed by atoms with Crippen molar-refractivity contribution in [2.24, 2.45) is 0 Å². The SMILES string of the molecule is CCOC(=O)[C@@H](O)C#Cc1ccccc1OC.